The Balaban J connectivity index is 1.39. The van der Waals surface area contributed by atoms with E-state index in [4.69, 9.17) is 4.98 Å². The normalized spacial score (nSPS) is 11.4. The smallest absolute Gasteiger partial charge is 0.261 e. The molecule has 0 aliphatic heterocycles. The summed E-state index contributed by atoms with van der Waals surface area (Å²) in [5.41, 5.74) is 3.47. The van der Waals surface area contributed by atoms with Crippen molar-refractivity contribution in [2.75, 3.05) is 4.90 Å². The third-order valence-corrected chi connectivity index (χ3v) is 7.08. The van der Waals surface area contributed by atoms with Crippen molar-refractivity contribution >= 4 is 49.2 Å². The third kappa shape index (κ3) is 4.72. The van der Waals surface area contributed by atoms with Gasteiger partial charge in [-0.3, -0.25) is 19.1 Å². The van der Waals surface area contributed by atoms with E-state index >= 15 is 0 Å². The van der Waals surface area contributed by atoms with E-state index in [1.165, 1.54) is 16.9 Å². The molecule has 3 aromatic carbocycles. The number of fused-ring (bicyclic) bond motifs is 2. The summed E-state index contributed by atoms with van der Waals surface area (Å²) in [4.78, 5) is 37.1. The monoisotopic (exact) mass is 482 g/mol. The maximum absolute atomic E-state index is 13.5. The zero-order valence-corrected chi connectivity index (χ0v) is 20.5. The number of amides is 1. The Morgan fingerprint density at radius 2 is 1.69 bits per heavy atom. The Labute approximate surface area is 207 Å². The molecule has 0 N–H and O–H groups in total. The molecule has 0 aliphatic rings. The Morgan fingerprint density at radius 3 is 2.43 bits per heavy atom. The molecule has 5 aromatic rings. The van der Waals surface area contributed by atoms with Gasteiger partial charge in [0.05, 0.1) is 33.1 Å². The maximum Gasteiger partial charge on any atom is 0.261 e. The van der Waals surface area contributed by atoms with Gasteiger partial charge in [0.1, 0.15) is 0 Å². The van der Waals surface area contributed by atoms with Crippen LogP contribution in [0.15, 0.2) is 83.9 Å². The molecule has 0 fully saturated rings. The van der Waals surface area contributed by atoms with Crippen LogP contribution in [0.25, 0.3) is 21.1 Å². The summed E-state index contributed by atoms with van der Waals surface area (Å²) in [5.74, 6) is 0.354. The molecule has 0 aliphatic carbocycles. The summed E-state index contributed by atoms with van der Waals surface area (Å²) >= 11 is 1.50. The van der Waals surface area contributed by atoms with Gasteiger partial charge in [0.2, 0.25) is 5.91 Å². The molecule has 1 amide bonds. The molecule has 0 saturated heterocycles. The predicted octanol–water partition coefficient (Wildman–Crippen LogP) is 6.27. The lowest BCUT2D eigenvalue weighted by molar-refractivity contribution is -0.118. The molecule has 7 heteroatoms. The molecular weight excluding hydrogens is 456 g/mol. The fraction of sp³-hybridized carbons (Fsp3) is 0.214. The van der Waals surface area contributed by atoms with Gasteiger partial charge in [-0.25, -0.2) is 9.97 Å². The van der Waals surface area contributed by atoms with Crippen LogP contribution in [0.3, 0.4) is 0 Å². The van der Waals surface area contributed by atoms with Crippen molar-refractivity contribution in [2.45, 2.75) is 39.2 Å². The number of carbonyl (C=O) groups excluding carboxylic acids is 1. The van der Waals surface area contributed by atoms with Gasteiger partial charge in [0.25, 0.3) is 5.56 Å². The maximum atomic E-state index is 13.5. The van der Waals surface area contributed by atoms with E-state index in [1.54, 1.807) is 21.9 Å². The number of nitrogens with zero attached hydrogens (tertiary/aromatic N) is 4. The summed E-state index contributed by atoms with van der Waals surface area (Å²) in [6.07, 6.45) is 2.36. The van der Waals surface area contributed by atoms with Gasteiger partial charge in [-0.15, -0.1) is 0 Å². The minimum atomic E-state index is -0.0876. The molecule has 0 saturated carbocycles. The van der Waals surface area contributed by atoms with Crippen LogP contribution in [0, 0.1) is 0 Å². The van der Waals surface area contributed by atoms with Gasteiger partial charge in [-0.1, -0.05) is 61.6 Å². The number of rotatable bonds is 7. The van der Waals surface area contributed by atoms with Crippen molar-refractivity contribution in [1.29, 1.82) is 0 Å². The number of aromatic nitrogens is 3. The minimum absolute atomic E-state index is 0.0526. The first-order valence-corrected chi connectivity index (χ1v) is 12.6. The predicted molar refractivity (Wildman–Crippen MR) is 143 cm³/mol. The van der Waals surface area contributed by atoms with Crippen LogP contribution in [-0.2, 0) is 11.3 Å². The lowest BCUT2D eigenvalue weighted by Gasteiger charge is -2.21. The quantitative estimate of drug-likeness (QED) is 0.274. The first-order chi connectivity index (χ1) is 17.0. The minimum Gasteiger partial charge on any atom is -0.299 e. The average Bonchev–Trinajstić information content (AvgIpc) is 3.29. The number of aryl methyl sites for hydroxylation is 1. The fourth-order valence-corrected chi connectivity index (χ4v) is 5.11. The molecule has 2 heterocycles. The Morgan fingerprint density at radius 1 is 0.971 bits per heavy atom. The van der Waals surface area contributed by atoms with E-state index in [0.717, 1.165) is 15.9 Å². The first kappa shape index (κ1) is 22.9. The Bertz CT molecular complexity index is 1520. The molecule has 0 unspecified atom stereocenters. The summed E-state index contributed by atoms with van der Waals surface area (Å²) in [5, 5.41) is 1.24. The molecule has 5 rings (SSSR count). The van der Waals surface area contributed by atoms with E-state index in [9.17, 15) is 9.59 Å². The number of carbonyl (C=O) groups is 1. The van der Waals surface area contributed by atoms with E-state index < -0.39 is 0 Å². The van der Waals surface area contributed by atoms with E-state index in [1.807, 2.05) is 54.6 Å². The Hall–Kier alpha value is -3.84. The highest BCUT2D eigenvalue weighted by Crippen LogP contribution is 2.34. The van der Waals surface area contributed by atoms with Crippen molar-refractivity contribution in [2.24, 2.45) is 0 Å². The highest BCUT2D eigenvalue weighted by Gasteiger charge is 2.22. The highest BCUT2D eigenvalue weighted by molar-refractivity contribution is 7.22. The molecule has 35 heavy (non-hydrogen) atoms. The van der Waals surface area contributed by atoms with Crippen LogP contribution < -0.4 is 10.5 Å². The molecule has 0 spiro atoms. The molecule has 2 aromatic heterocycles. The third-order valence-electron chi connectivity index (χ3n) is 6.06. The van der Waals surface area contributed by atoms with E-state index in [2.05, 4.69) is 31.0 Å². The molecular formula is C28H26N4O2S. The molecule has 0 bridgehead atoms. The van der Waals surface area contributed by atoms with Crippen LogP contribution in [0.4, 0.5) is 10.8 Å². The second-order valence-corrected chi connectivity index (χ2v) is 9.81. The van der Waals surface area contributed by atoms with Crippen molar-refractivity contribution < 1.29 is 4.79 Å². The van der Waals surface area contributed by atoms with Gasteiger partial charge in [-0.05, 0) is 54.3 Å². The van der Waals surface area contributed by atoms with Crippen LogP contribution >= 0.6 is 11.3 Å². The molecule has 176 valence electrons. The number of anilines is 2. The standard InChI is InChI=1S/C28H26N4O2S/c1-19(2)20-13-15-21(16-14-20)32(28-30-24-10-5-6-11-25(24)35-28)26(33)12-7-17-31-18-29-23-9-4-3-8-22(23)27(31)34/h3-6,8-11,13-16,18-19H,7,12,17H2,1-2H3. The van der Waals surface area contributed by atoms with Crippen molar-refractivity contribution in [3.63, 3.8) is 0 Å². The number of thiazole rings is 1. The summed E-state index contributed by atoms with van der Waals surface area (Å²) in [7, 11) is 0. The van der Waals surface area contributed by atoms with Gasteiger partial charge >= 0.3 is 0 Å². The highest BCUT2D eigenvalue weighted by atomic mass is 32.1. The lowest BCUT2D eigenvalue weighted by Crippen LogP contribution is -2.27. The fourth-order valence-electron chi connectivity index (χ4n) is 4.10. The Kier molecular flexibility index (Phi) is 6.42. The van der Waals surface area contributed by atoms with Crippen molar-refractivity contribution in [3.05, 3.63) is 95.0 Å². The van der Waals surface area contributed by atoms with E-state index in [0.29, 0.717) is 34.9 Å². The number of hydrogen-bond donors (Lipinski definition) is 0. The van der Waals surface area contributed by atoms with Crippen LogP contribution in [0.2, 0.25) is 0 Å². The second-order valence-electron chi connectivity index (χ2n) is 8.80. The van der Waals surface area contributed by atoms with E-state index in [-0.39, 0.29) is 17.9 Å². The molecule has 0 radical (unpaired) electrons. The average molecular weight is 483 g/mol. The number of para-hydroxylation sites is 2. The molecule has 6 nitrogen and oxygen atoms in total. The summed E-state index contributed by atoms with van der Waals surface area (Å²) in [6, 6.07) is 23.3. The second kappa shape index (κ2) is 9.80. The van der Waals surface area contributed by atoms with Crippen LogP contribution in [0.5, 0.6) is 0 Å². The summed E-state index contributed by atoms with van der Waals surface area (Å²) in [6.45, 7) is 4.71. The first-order valence-electron chi connectivity index (χ1n) is 11.7. The van der Waals surface area contributed by atoms with Crippen molar-refractivity contribution in [1.82, 2.24) is 14.5 Å². The zero-order chi connectivity index (χ0) is 24.4. The van der Waals surface area contributed by atoms with Crippen LogP contribution in [0.1, 0.15) is 38.2 Å². The van der Waals surface area contributed by atoms with Gasteiger partial charge in [0.15, 0.2) is 5.13 Å². The van der Waals surface area contributed by atoms with Gasteiger partial charge in [-0.2, -0.15) is 0 Å². The zero-order valence-electron chi connectivity index (χ0n) is 19.7. The van der Waals surface area contributed by atoms with Crippen molar-refractivity contribution in [3.8, 4) is 0 Å². The largest absolute Gasteiger partial charge is 0.299 e. The summed E-state index contributed by atoms with van der Waals surface area (Å²) < 4.78 is 2.61. The van der Waals surface area contributed by atoms with Gasteiger partial charge < -0.3 is 0 Å². The van der Waals surface area contributed by atoms with Crippen LogP contribution in [-0.4, -0.2) is 20.4 Å². The number of benzene rings is 3. The number of hydrogen-bond acceptors (Lipinski definition) is 5. The molecule has 0 atom stereocenters. The topological polar surface area (TPSA) is 68.1 Å². The SMILES string of the molecule is CC(C)c1ccc(N(C(=O)CCCn2cnc3ccccc3c2=O)c2nc3ccccc3s2)cc1. The van der Waals surface area contributed by atoms with Gasteiger partial charge in [0, 0.05) is 13.0 Å². The lowest BCUT2D eigenvalue weighted by atomic mass is 10.0.